The molecule has 0 spiro atoms. The third kappa shape index (κ3) is 2.98. The van der Waals surface area contributed by atoms with Gasteiger partial charge in [-0.15, -0.1) is 0 Å². The summed E-state index contributed by atoms with van der Waals surface area (Å²) >= 11 is 0. The average Bonchev–Trinajstić information content (AvgIpc) is 2.12. The maximum Gasteiger partial charge on any atom is 0.242 e. The van der Waals surface area contributed by atoms with Crippen LogP contribution in [0.4, 0.5) is 0 Å². The van der Waals surface area contributed by atoms with Crippen LogP contribution in [0.2, 0.25) is 6.82 Å². The summed E-state index contributed by atoms with van der Waals surface area (Å²) in [5.74, 6) is -0.655. The van der Waals surface area contributed by atoms with E-state index < -0.39 is 0 Å². The zero-order valence-corrected chi connectivity index (χ0v) is 8.21. The predicted octanol–water partition coefficient (Wildman–Crippen LogP) is 0.0983. The molecule has 1 amide bonds. The number of hydrogen-bond acceptors (Lipinski definition) is 3. The van der Waals surface area contributed by atoms with E-state index in [1.54, 1.807) is 14.2 Å². The Balaban J connectivity index is 2.36. The lowest BCUT2D eigenvalue weighted by molar-refractivity contribution is -0.139. The summed E-state index contributed by atoms with van der Waals surface area (Å²) in [5.41, 5.74) is 0. The van der Waals surface area contributed by atoms with Gasteiger partial charge >= 0.3 is 0 Å². The molecule has 1 atom stereocenters. The van der Waals surface area contributed by atoms with Gasteiger partial charge in [0.25, 0.3) is 0 Å². The van der Waals surface area contributed by atoms with Crippen LogP contribution < -0.4 is 5.23 Å². The van der Waals surface area contributed by atoms with Crippen LogP contribution in [0.3, 0.4) is 0 Å². The maximum absolute atomic E-state index is 11.2. The third-order valence-corrected chi connectivity index (χ3v) is 2.34. The highest BCUT2D eigenvalue weighted by molar-refractivity contribution is 6.38. The largest absolute Gasteiger partial charge is 0.404 e. The lowest BCUT2D eigenvalue weighted by atomic mass is 9.84. The normalized spacial score (nSPS) is 21.9. The number of hydrogen-bond donors (Lipinski definition) is 1. The van der Waals surface area contributed by atoms with Crippen LogP contribution in [-0.2, 0) is 14.4 Å². The second kappa shape index (κ2) is 4.93. The van der Waals surface area contributed by atoms with Gasteiger partial charge in [0.1, 0.15) is 0 Å². The van der Waals surface area contributed by atoms with Crippen molar-refractivity contribution in [1.82, 2.24) is 5.23 Å². The molecule has 1 rings (SSSR count). The molecule has 1 fully saturated rings. The first-order valence-electron chi connectivity index (χ1n) is 4.76. The Morgan fingerprint density at radius 3 is 2.79 bits per heavy atom. The molecule has 14 heavy (non-hydrogen) atoms. The van der Waals surface area contributed by atoms with E-state index in [4.69, 9.17) is 0 Å². The number of Topliss-reactive ketones (excluding diaryl/α,β-unsaturated/α-hetero) is 2. The summed E-state index contributed by atoms with van der Waals surface area (Å²) in [5, 5.41) is 2.56. The Labute approximate surface area is 83.7 Å². The van der Waals surface area contributed by atoms with E-state index in [1.165, 1.54) is 0 Å². The molecule has 1 radical (unpaired) electrons. The van der Waals surface area contributed by atoms with Crippen molar-refractivity contribution in [2.45, 2.75) is 32.5 Å². The van der Waals surface area contributed by atoms with Gasteiger partial charge in [-0.3, -0.25) is 14.4 Å². The van der Waals surface area contributed by atoms with Crippen LogP contribution in [0.25, 0.3) is 0 Å². The standard InChI is InChI=1S/C9H13BNO3/c1-10-11-9(14)5-6-2-3-7(12)8(13)4-6/h6H,2-5H2,1H3,(H,11,14). The number of rotatable bonds is 3. The van der Waals surface area contributed by atoms with Gasteiger partial charge < -0.3 is 5.23 Å². The minimum absolute atomic E-state index is 0.0418. The van der Waals surface area contributed by atoms with Gasteiger partial charge in [-0.05, 0) is 12.3 Å². The van der Waals surface area contributed by atoms with Crippen molar-refractivity contribution in [1.29, 1.82) is 0 Å². The van der Waals surface area contributed by atoms with E-state index >= 15 is 0 Å². The van der Waals surface area contributed by atoms with Crippen LogP contribution in [0.5, 0.6) is 0 Å². The van der Waals surface area contributed by atoms with E-state index in [-0.39, 0.29) is 29.8 Å². The van der Waals surface area contributed by atoms with Gasteiger partial charge in [0.05, 0.1) is 0 Å². The van der Waals surface area contributed by atoms with E-state index in [0.717, 1.165) is 0 Å². The Kier molecular flexibility index (Phi) is 3.86. The SMILES string of the molecule is C[B]NC(=O)CC1CCC(=O)C(=O)C1. The Bertz CT molecular complexity index is 265. The van der Waals surface area contributed by atoms with Gasteiger partial charge in [-0.1, -0.05) is 6.82 Å². The Morgan fingerprint density at radius 2 is 2.21 bits per heavy atom. The van der Waals surface area contributed by atoms with E-state index in [2.05, 4.69) is 5.23 Å². The molecule has 0 aromatic rings. The predicted molar refractivity (Wildman–Crippen MR) is 51.7 cm³/mol. The number of nitrogens with one attached hydrogen (secondary N) is 1. The molecule has 75 valence electrons. The lowest BCUT2D eigenvalue weighted by Crippen LogP contribution is -2.31. The molecule has 1 aliphatic carbocycles. The number of carbonyl (C=O) groups excluding carboxylic acids is 3. The summed E-state index contributed by atoms with van der Waals surface area (Å²) in [7, 11) is 1.57. The first kappa shape index (κ1) is 11.0. The van der Waals surface area contributed by atoms with E-state index in [1.807, 2.05) is 0 Å². The lowest BCUT2D eigenvalue weighted by Gasteiger charge is -2.18. The molecule has 4 nitrogen and oxygen atoms in total. The van der Waals surface area contributed by atoms with Gasteiger partial charge in [-0.25, -0.2) is 0 Å². The molecule has 1 N–H and O–H groups in total. The van der Waals surface area contributed by atoms with E-state index in [0.29, 0.717) is 19.3 Å². The fourth-order valence-electron chi connectivity index (χ4n) is 1.61. The van der Waals surface area contributed by atoms with Gasteiger partial charge in [0, 0.05) is 19.3 Å². The molecule has 0 aromatic heterocycles. The van der Waals surface area contributed by atoms with Crippen molar-refractivity contribution >= 4 is 24.9 Å². The quantitative estimate of drug-likeness (QED) is 0.511. The molecule has 0 aromatic carbocycles. The third-order valence-electron chi connectivity index (χ3n) is 2.34. The highest BCUT2D eigenvalue weighted by atomic mass is 16.2. The summed E-state index contributed by atoms with van der Waals surface area (Å²) in [4.78, 5) is 33.1. The minimum Gasteiger partial charge on any atom is -0.404 e. The van der Waals surface area contributed by atoms with Gasteiger partial charge in [0.2, 0.25) is 13.3 Å². The highest BCUT2D eigenvalue weighted by Gasteiger charge is 2.27. The second-order valence-corrected chi connectivity index (χ2v) is 3.52. The fourth-order valence-corrected chi connectivity index (χ4v) is 1.61. The maximum atomic E-state index is 11.2. The Hall–Kier alpha value is -1.13. The topological polar surface area (TPSA) is 63.2 Å². The molecule has 0 saturated heterocycles. The molecule has 1 saturated carbocycles. The second-order valence-electron chi connectivity index (χ2n) is 3.52. The van der Waals surface area contributed by atoms with Crippen molar-refractivity contribution in [2.24, 2.45) is 5.92 Å². The van der Waals surface area contributed by atoms with Crippen LogP contribution in [0.15, 0.2) is 0 Å². The molecule has 1 aliphatic rings. The summed E-state index contributed by atoms with van der Waals surface area (Å²) < 4.78 is 0. The Morgan fingerprint density at radius 1 is 1.50 bits per heavy atom. The zero-order valence-electron chi connectivity index (χ0n) is 8.21. The minimum atomic E-state index is -0.325. The molecular formula is C9H13BNO3. The van der Waals surface area contributed by atoms with Crippen LogP contribution in [-0.4, -0.2) is 24.9 Å². The monoisotopic (exact) mass is 194 g/mol. The summed E-state index contributed by atoms with van der Waals surface area (Å²) in [6.07, 6.45) is 1.52. The number of amides is 1. The molecule has 0 aliphatic heterocycles. The number of ketones is 2. The van der Waals surface area contributed by atoms with Gasteiger partial charge in [0.15, 0.2) is 11.6 Å². The fraction of sp³-hybridized carbons (Fsp3) is 0.667. The summed E-state index contributed by atoms with van der Waals surface area (Å²) in [6, 6.07) is 0. The van der Waals surface area contributed by atoms with Crippen molar-refractivity contribution in [2.75, 3.05) is 0 Å². The first-order valence-corrected chi connectivity index (χ1v) is 4.76. The number of carbonyl (C=O) groups is 3. The van der Waals surface area contributed by atoms with Crippen LogP contribution >= 0.6 is 0 Å². The van der Waals surface area contributed by atoms with Crippen LogP contribution in [0.1, 0.15) is 25.7 Å². The summed E-state index contributed by atoms with van der Waals surface area (Å²) in [6.45, 7) is 1.73. The van der Waals surface area contributed by atoms with Gasteiger partial charge in [-0.2, -0.15) is 0 Å². The molecule has 0 heterocycles. The molecular weight excluding hydrogens is 181 g/mol. The van der Waals surface area contributed by atoms with Crippen molar-refractivity contribution in [3.8, 4) is 0 Å². The van der Waals surface area contributed by atoms with Crippen molar-refractivity contribution in [3.05, 3.63) is 0 Å². The zero-order chi connectivity index (χ0) is 10.6. The van der Waals surface area contributed by atoms with E-state index in [9.17, 15) is 14.4 Å². The first-order chi connectivity index (χ1) is 6.63. The van der Waals surface area contributed by atoms with Crippen molar-refractivity contribution < 1.29 is 14.4 Å². The highest BCUT2D eigenvalue weighted by Crippen LogP contribution is 2.21. The molecule has 0 bridgehead atoms. The molecule has 1 unspecified atom stereocenters. The molecule has 5 heteroatoms. The van der Waals surface area contributed by atoms with Crippen molar-refractivity contribution in [3.63, 3.8) is 0 Å². The average molecular weight is 194 g/mol. The van der Waals surface area contributed by atoms with Crippen LogP contribution in [0, 0.1) is 5.92 Å². The smallest absolute Gasteiger partial charge is 0.242 e.